The van der Waals surface area contributed by atoms with E-state index in [-0.39, 0.29) is 5.56 Å². The van der Waals surface area contributed by atoms with Crippen molar-refractivity contribution in [2.24, 2.45) is 0 Å². The summed E-state index contributed by atoms with van der Waals surface area (Å²) in [4.78, 5) is 15.0. The Morgan fingerprint density at radius 3 is 2.50 bits per heavy atom. The van der Waals surface area contributed by atoms with Gasteiger partial charge >= 0.3 is 0 Å². The van der Waals surface area contributed by atoms with Crippen molar-refractivity contribution in [2.45, 2.75) is 11.8 Å². The molecule has 0 atom stereocenters. The first-order valence-electron chi connectivity index (χ1n) is 5.21. The minimum absolute atomic E-state index is 0.0653. The highest BCUT2D eigenvalue weighted by molar-refractivity contribution is 7.99. The Morgan fingerprint density at radius 2 is 1.88 bits per heavy atom. The second kappa shape index (κ2) is 5.03. The highest BCUT2D eigenvalue weighted by Gasteiger charge is 1.98. The minimum atomic E-state index is -0.0653. The topological polar surface area (TPSA) is 32.9 Å². The second-order valence-corrected chi connectivity index (χ2v) is 4.74. The van der Waals surface area contributed by atoms with Gasteiger partial charge < -0.3 is 4.98 Å². The molecule has 0 bridgehead atoms. The molecule has 1 aromatic heterocycles. The molecule has 0 radical (unpaired) electrons. The molecule has 2 aromatic rings. The number of hydrogen-bond acceptors (Lipinski definition) is 2. The summed E-state index contributed by atoms with van der Waals surface area (Å²) in [5, 5.41) is 0. The lowest BCUT2D eigenvalue weighted by Crippen LogP contribution is -2.01. The van der Waals surface area contributed by atoms with Crippen LogP contribution in [-0.4, -0.2) is 10.7 Å². The van der Waals surface area contributed by atoms with Gasteiger partial charge in [0.1, 0.15) is 0 Å². The van der Waals surface area contributed by atoms with Crippen molar-refractivity contribution in [3.05, 3.63) is 52.9 Å². The molecular weight excluding hydrogens is 218 g/mol. The van der Waals surface area contributed by atoms with Gasteiger partial charge in [0.15, 0.2) is 0 Å². The monoisotopic (exact) mass is 231 g/mol. The van der Waals surface area contributed by atoms with E-state index in [2.05, 4.69) is 24.0 Å². The summed E-state index contributed by atoms with van der Waals surface area (Å²) in [7, 11) is 0. The summed E-state index contributed by atoms with van der Waals surface area (Å²) in [6, 6.07) is 11.8. The van der Waals surface area contributed by atoms with Crippen molar-refractivity contribution in [2.75, 3.05) is 5.75 Å². The number of pyridine rings is 1. The van der Waals surface area contributed by atoms with Crippen LogP contribution in [0.1, 0.15) is 6.92 Å². The molecule has 0 unspecified atom stereocenters. The van der Waals surface area contributed by atoms with Crippen LogP contribution in [0.5, 0.6) is 0 Å². The first-order chi connectivity index (χ1) is 7.79. The molecule has 0 aliphatic rings. The quantitative estimate of drug-likeness (QED) is 0.823. The first kappa shape index (κ1) is 11.0. The maximum absolute atomic E-state index is 11.2. The molecule has 2 nitrogen and oxygen atoms in total. The third kappa shape index (κ3) is 2.55. The largest absolute Gasteiger partial charge is 0.329 e. The maximum Gasteiger partial charge on any atom is 0.248 e. The molecule has 16 heavy (non-hydrogen) atoms. The van der Waals surface area contributed by atoms with E-state index in [4.69, 9.17) is 0 Å². The zero-order valence-electron chi connectivity index (χ0n) is 9.07. The van der Waals surface area contributed by atoms with E-state index in [1.54, 1.807) is 12.3 Å². The summed E-state index contributed by atoms with van der Waals surface area (Å²) in [5.41, 5.74) is 1.97. The molecule has 0 saturated heterocycles. The summed E-state index contributed by atoms with van der Waals surface area (Å²) >= 11 is 1.81. The Hall–Kier alpha value is -1.48. The molecule has 0 amide bonds. The number of benzene rings is 1. The molecule has 3 heteroatoms. The fourth-order valence-corrected chi connectivity index (χ4v) is 2.20. The molecule has 1 aromatic carbocycles. The van der Waals surface area contributed by atoms with Crippen LogP contribution in [0.15, 0.2) is 52.3 Å². The summed E-state index contributed by atoms with van der Waals surface area (Å²) in [6.07, 6.45) is 1.67. The third-order valence-electron chi connectivity index (χ3n) is 2.27. The van der Waals surface area contributed by atoms with Crippen LogP contribution >= 0.6 is 11.8 Å². The molecular formula is C13H13NOS. The maximum atomic E-state index is 11.2. The van der Waals surface area contributed by atoms with Crippen molar-refractivity contribution < 1.29 is 0 Å². The number of rotatable bonds is 3. The average molecular weight is 231 g/mol. The predicted octanol–water partition coefficient (Wildman–Crippen LogP) is 3.15. The Morgan fingerprint density at radius 1 is 1.12 bits per heavy atom. The molecule has 82 valence electrons. The van der Waals surface area contributed by atoms with Crippen molar-refractivity contribution >= 4 is 11.8 Å². The molecule has 0 aliphatic carbocycles. The molecule has 0 saturated carbocycles. The van der Waals surface area contributed by atoms with Crippen molar-refractivity contribution in [1.82, 2.24) is 4.98 Å². The lowest BCUT2D eigenvalue weighted by atomic mass is 10.1. The number of nitrogens with one attached hydrogen (secondary N) is 1. The SMILES string of the molecule is CCSc1ccc(-c2cc[nH]c(=O)c2)cc1. The molecule has 0 aliphatic heterocycles. The lowest BCUT2D eigenvalue weighted by Gasteiger charge is -2.02. The molecule has 1 N–H and O–H groups in total. The van der Waals surface area contributed by atoms with E-state index < -0.39 is 0 Å². The van der Waals surface area contributed by atoms with Crippen LogP contribution in [0.4, 0.5) is 0 Å². The van der Waals surface area contributed by atoms with Crippen LogP contribution in [0.25, 0.3) is 11.1 Å². The number of thioether (sulfide) groups is 1. The fourth-order valence-electron chi connectivity index (χ4n) is 1.53. The Kier molecular flexibility index (Phi) is 3.47. The molecule has 1 heterocycles. The van der Waals surface area contributed by atoms with E-state index in [1.165, 1.54) is 4.90 Å². The van der Waals surface area contributed by atoms with Gasteiger partial charge in [-0.1, -0.05) is 19.1 Å². The van der Waals surface area contributed by atoms with E-state index in [9.17, 15) is 4.79 Å². The Balaban J connectivity index is 2.31. The van der Waals surface area contributed by atoms with Crippen LogP contribution in [0, 0.1) is 0 Å². The van der Waals surface area contributed by atoms with E-state index in [0.717, 1.165) is 16.9 Å². The van der Waals surface area contributed by atoms with Crippen molar-refractivity contribution in [3.63, 3.8) is 0 Å². The van der Waals surface area contributed by atoms with Gasteiger partial charge in [0.2, 0.25) is 5.56 Å². The van der Waals surface area contributed by atoms with Crippen molar-refractivity contribution in [1.29, 1.82) is 0 Å². The van der Waals surface area contributed by atoms with E-state index in [1.807, 2.05) is 30.0 Å². The summed E-state index contributed by atoms with van der Waals surface area (Å²) in [6.45, 7) is 2.13. The van der Waals surface area contributed by atoms with Gasteiger partial charge in [-0.25, -0.2) is 0 Å². The second-order valence-electron chi connectivity index (χ2n) is 3.40. The number of aromatic amines is 1. The summed E-state index contributed by atoms with van der Waals surface area (Å²) < 4.78 is 0. The zero-order valence-corrected chi connectivity index (χ0v) is 9.88. The smallest absolute Gasteiger partial charge is 0.248 e. The van der Waals surface area contributed by atoms with Crippen LogP contribution in [0.3, 0.4) is 0 Å². The van der Waals surface area contributed by atoms with Gasteiger partial charge in [0.25, 0.3) is 0 Å². The zero-order chi connectivity index (χ0) is 11.4. The molecule has 2 rings (SSSR count). The standard InChI is InChI=1S/C13H13NOS/c1-2-16-12-5-3-10(4-6-12)11-7-8-14-13(15)9-11/h3-9H,2H2,1H3,(H,14,15). The van der Waals surface area contributed by atoms with Gasteiger partial charge in [0.05, 0.1) is 0 Å². The van der Waals surface area contributed by atoms with Crippen LogP contribution < -0.4 is 5.56 Å². The third-order valence-corrected chi connectivity index (χ3v) is 3.17. The van der Waals surface area contributed by atoms with Gasteiger partial charge in [-0.2, -0.15) is 0 Å². The van der Waals surface area contributed by atoms with Gasteiger partial charge in [0, 0.05) is 17.2 Å². The van der Waals surface area contributed by atoms with Gasteiger partial charge in [-0.05, 0) is 35.1 Å². The number of hydrogen-bond donors (Lipinski definition) is 1. The van der Waals surface area contributed by atoms with Crippen LogP contribution in [-0.2, 0) is 0 Å². The molecule has 0 spiro atoms. The normalized spacial score (nSPS) is 10.3. The Bertz CT molecular complexity index is 516. The molecule has 0 fully saturated rings. The highest BCUT2D eigenvalue weighted by Crippen LogP contribution is 2.22. The van der Waals surface area contributed by atoms with Crippen LogP contribution in [0.2, 0.25) is 0 Å². The van der Waals surface area contributed by atoms with E-state index in [0.29, 0.717) is 0 Å². The first-order valence-corrected chi connectivity index (χ1v) is 6.20. The lowest BCUT2D eigenvalue weighted by molar-refractivity contribution is 1.24. The number of H-pyrrole nitrogens is 1. The van der Waals surface area contributed by atoms with Crippen molar-refractivity contribution in [3.8, 4) is 11.1 Å². The number of aromatic nitrogens is 1. The summed E-state index contributed by atoms with van der Waals surface area (Å²) in [5.74, 6) is 1.07. The fraction of sp³-hybridized carbons (Fsp3) is 0.154. The predicted molar refractivity (Wildman–Crippen MR) is 68.9 cm³/mol. The highest BCUT2D eigenvalue weighted by atomic mass is 32.2. The Labute approximate surface area is 98.7 Å². The average Bonchev–Trinajstić information content (AvgIpc) is 2.30. The van der Waals surface area contributed by atoms with Gasteiger partial charge in [-0.15, -0.1) is 11.8 Å². The van der Waals surface area contributed by atoms with Gasteiger partial charge in [-0.3, -0.25) is 4.79 Å². The van der Waals surface area contributed by atoms with E-state index >= 15 is 0 Å². The minimum Gasteiger partial charge on any atom is -0.329 e.